The molecule has 0 saturated carbocycles. The molecule has 0 radical (unpaired) electrons. The number of amides is 1. The largest absolute Gasteiger partial charge is 0.497 e. The summed E-state index contributed by atoms with van der Waals surface area (Å²) in [6.45, 7) is 9.65. The number of carbonyl (C=O) groups excluding carboxylic acids is 1. The number of methoxy groups -OCH3 is 1. The number of ether oxygens (including phenoxy) is 1. The third kappa shape index (κ3) is 6.66. The SMILES string of the molecule is COc1ccc(C(CC(C)C)NC(=O)CN(c2ccc(C)c(C)c2)S(=O)(=O)c2ccc(C)cc2)cc1. The van der Waals surface area contributed by atoms with E-state index < -0.39 is 10.0 Å². The Balaban J connectivity index is 1.94. The number of carbonyl (C=O) groups is 1. The van der Waals surface area contributed by atoms with Gasteiger partial charge in [0.1, 0.15) is 12.3 Å². The van der Waals surface area contributed by atoms with Gasteiger partial charge in [0, 0.05) is 0 Å². The van der Waals surface area contributed by atoms with Crippen LogP contribution in [-0.2, 0) is 14.8 Å². The van der Waals surface area contributed by atoms with E-state index in [1.807, 2.05) is 57.2 Å². The molecule has 1 atom stereocenters. The van der Waals surface area contributed by atoms with Crippen molar-refractivity contribution in [3.8, 4) is 5.75 Å². The Kier molecular flexibility index (Phi) is 8.79. The third-order valence-corrected chi connectivity index (χ3v) is 8.02. The maximum atomic E-state index is 13.7. The van der Waals surface area contributed by atoms with E-state index in [0.717, 1.165) is 28.0 Å². The van der Waals surface area contributed by atoms with Crippen LogP contribution in [0.4, 0.5) is 5.69 Å². The van der Waals surface area contributed by atoms with Crippen molar-refractivity contribution in [3.05, 3.63) is 89.0 Å². The molecule has 7 heteroatoms. The number of hydrogen-bond acceptors (Lipinski definition) is 4. The van der Waals surface area contributed by atoms with Crippen molar-refractivity contribution in [1.29, 1.82) is 0 Å². The van der Waals surface area contributed by atoms with E-state index >= 15 is 0 Å². The second kappa shape index (κ2) is 11.6. The summed E-state index contributed by atoms with van der Waals surface area (Å²) in [6.07, 6.45) is 0.715. The molecule has 0 aromatic heterocycles. The molecule has 0 heterocycles. The first-order valence-electron chi connectivity index (χ1n) is 12.1. The lowest BCUT2D eigenvalue weighted by Crippen LogP contribution is -2.42. The number of nitrogens with zero attached hydrogens (tertiary/aromatic N) is 1. The summed E-state index contributed by atoms with van der Waals surface area (Å²) in [5.74, 6) is 0.688. The molecule has 0 aliphatic rings. The minimum Gasteiger partial charge on any atom is -0.497 e. The van der Waals surface area contributed by atoms with Crippen molar-refractivity contribution in [2.45, 2.75) is 52.0 Å². The molecule has 1 unspecified atom stereocenters. The van der Waals surface area contributed by atoms with Crippen LogP contribution >= 0.6 is 0 Å². The number of aryl methyl sites for hydroxylation is 3. The molecular formula is C29H36N2O4S. The van der Waals surface area contributed by atoms with Crippen LogP contribution in [0, 0.1) is 26.7 Å². The van der Waals surface area contributed by atoms with Gasteiger partial charge in [0.15, 0.2) is 0 Å². The molecule has 0 fully saturated rings. The minimum atomic E-state index is -3.97. The van der Waals surface area contributed by atoms with Crippen molar-refractivity contribution in [3.63, 3.8) is 0 Å². The van der Waals surface area contributed by atoms with Gasteiger partial charge in [-0.2, -0.15) is 0 Å². The summed E-state index contributed by atoms with van der Waals surface area (Å²) < 4.78 is 33.9. The molecule has 3 aromatic carbocycles. The lowest BCUT2D eigenvalue weighted by molar-refractivity contribution is -0.120. The quantitative estimate of drug-likeness (QED) is 0.380. The van der Waals surface area contributed by atoms with E-state index in [4.69, 9.17) is 4.74 Å². The Bertz CT molecular complexity index is 1280. The number of hydrogen-bond donors (Lipinski definition) is 1. The number of sulfonamides is 1. The highest BCUT2D eigenvalue weighted by Gasteiger charge is 2.28. The predicted octanol–water partition coefficient (Wildman–Crippen LogP) is 5.72. The van der Waals surface area contributed by atoms with Crippen molar-refractivity contribution >= 4 is 21.6 Å². The summed E-state index contributed by atoms with van der Waals surface area (Å²) in [5.41, 5.74) is 4.36. The zero-order chi connectivity index (χ0) is 26.5. The van der Waals surface area contributed by atoms with Crippen LogP contribution in [0.3, 0.4) is 0 Å². The fourth-order valence-electron chi connectivity index (χ4n) is 3.99. The first-order chi connectivity index (χ1) is 17.0. The van der Waals surface area contributed by atoms with E-state index in [0.29, 0.717) is 18.0 Å². The highest BCUT2D eigenvalue weighted by molar-refractivity contribution is 7.92. The van der Waals surface area contributed by atoms with E-state index in [9.17, 15) is 13.2 Å². The average Bonchev–Trinajstić information content (AvgIpc) is 2.84. The number of rotatable bonds is 10. The zero-order valence-electron chi connectivity index (χ0n) is 21.9. The number of benzene rings is 3. The summed E-state index contributed by atoms with van der Waals surface area (Å²) >= 11 is 0. The fraction of sp³-hybridized carbons (Fsp3) is 0.345. The first-order valence-corrected chi connectivity index (χ1v) is 13.5. The monoisotopic (exact) mass is 508 g/mol. The Labute approximate surface area is 215 Å². The minimum absolute atomic E-state index is 0.146. The predicted molar refractivity (Wildman–Crippen MR) is 145 cm³/mol. The van der Waals surface area contributed by atoms with Gasteiger partial charge in [-0.05, 0) is 86.2 Å². The molecular weight excluding hydrogens is 472 g/mol. The van der Waals surface area contributed by atoms with Crippen LogP contribution in [0.25, 0.3) is 0 Å². The van der Waals surface area contributed by atoms with Gasteiger partial charge < -0.3 is 10.1 Å². The van der Waals surface area contributed by atoms with E-state index in [2.05, 4.69) is 19.2 Å². The van der Waals surface area contributed by atoms with Gasteiger partial charge in [0.25, 0.3) is 10.0 Å². The van der Waals surface area contributed by atoms with Crippen molar-refractivity contribution in [1.82, 2.24) is 5.32 Å². The van der Waals surface area contributed by atoms with Crippen LogP contribution in [0.1, 0.15) is 48.6 Å². The van der Waals surface area contributed by atoms with Gasteiger partial charge in [-0.1, -0.05) is 49.7 Å². The highest BCUT2D eigenvalue weighted by atomic mass is 32.2. The summed E-state index contributed by atoms with van der Waals surface area (Å²) in [5, 5.41) is 3.08. The Morgan fingerprint density at radius 3 is 2.11 bits per heavy atom. The maximum Gasteiger partial charge on any atom is 0.264 e. The fourth-order valence-corrected chi connectivity index (χ4v) is 5.40. The van der Waals surface area contributed by atoms with E-state index in [-0.39, 0.29) is 23.4 Å². The molecule has 0 aliphatic heterocycles. The van der Waals surface area contributed by atoms with Crippen molar-refractivity contribution in [2.24, 2.45) is 5.92 Å². The average molecular weight is 509 g/mol. The van der Waals surface area contributed by atoms with Crippen molar-refractivity contribution in [2.75, 3.05) is 18.0 Å². The van der Waals surface area contributed by atoms with Crippen LogP contribution < -0.4 is 14.4 Å². The molecule has 192 valence electrons. The highest BCUT2D eigenvalue weighted by Crippen LogP contribution is 2.27. The second-order valence-electron chi connectivity index (χ2n) is 9.62. The third-order valence-electron chi connectivity index (χ3n) is 6.24. The summed E-state index contributed by atoms with van der Waals surface area (Å²) in [7, 11) is -2.36. The molecule has 1 N–H and O–H groups in total. The molecule has 36 heavy (non-hydrogen) atoms. The second-order valence-corrected chi connectivity index (χ2v) is 11.5. The number of anilines is 1. The summed E-state index contributed by atoms with van der Waals surface area (Å²) in [6, 6.07) is 19.4. The first kappa shape index (κ1) is 27.3. The molecule has 0 saturated heterocycles. The van der Waals surface area contributed by atoms with E-state index in [1.54, 1.807) is 37.4 Å². The Morgan fingerprint density at radius 1 is 0.917 bits per heavy atom. The lowest BCUT2D eigenvalue weighted by Gasteiger charge is -2.27. The van der Waals surface area contributed by atoms with Gasteiger partial charge >= 0.3 is 0 Å². The molecule has 1 amide bonds. The molecule has 3 aromatic rings. The Hall–Kier alpha value is -3.32. The summed E-state index contributed by atoms with van der Waals surface area (Å²) in [4.78, 5) is 13.5. The van der Waals surface area contributed by atoms with Gasteiger partial charge in [0.05, 0.1) is 23.7 Å². The molecule has 6 nitrogen and oxygen atoms in total. The lowest BCUT2D eigenvalue weighted by atomic mass is 9.97. The zero-order valence-corrected chi connectivity index (χ0v) is 22.7. The molecule has 3 rings (SSSR count). The maximum absolute atomic E-state index is 13.7. The molecule has 0 aliphatic carbocycles. The van der Waals surface area contributed by atoms with Crippen LogP contribution in [0.2, 0.25) is 0 Å². The van der Waals surface area contributed by atoms with Crippen LogP contribution in [0.5, 0.6) is 5.75 Å². The Morgan fingerprint density at radius 2 is 1.56 bits per heavy atom. The van der Waals surface area contributed by atoms with Gasteiger partial charge in [-0.25, -0.2) is 8.42 Å². The number of nitrogens with one attached hydrogen (secondary N) is 1. The van der Waals surface area contributed by atoms with Gasteiger partial charge in [-0.3, -0.25) is 9.10 Å². The van der Waals surface area contributed by atoms with E-state index in [1.165, 1.54) is 4.31 Å². The van der Waals surface area contributed by atoms with Crippen molar-refractivity contribution < 1.29 is 17.9 Å². The molecule has 0 bridgehead atoms. The normalized spacial score (nSPS) is 12.3. The standard InChI is InChI=1S/C29H36N2O4S/c1-20(2)17-28(24-10-13-26(35-6)14-11-24)30-29(32)19-31(25-12-9-22(4)23(5)18-25)36(33,34)27-15-7-21(3)8-16-27/h7-16,18,20,28H,17,19H2,1-6H3,(H,30,32). The topological polar surface area (TPSA) is 75.7 Å². The van der Waals surface area contributed by atoms with Gasteiger partial charge in [0.2, 0.25) is 5.91 Å². The van der Waals surface area contributed by atoms with Crippen LogP contribution in [0.15, 0.2) is 71.6 Å². The molecule has 0 spiro atoms. The van der Waals surface area contributed by atoms with Crippen LogP contribution in [-0.4, -0.2) is 28.0 Å². The van der Waals surface area contributed by atoms with Gasteiger partial charge in [-0.15, -0.1) is 0 Å². The smallest absolute Gasteiger partial charge is 0.264 e.